The average Bonchev–Trinajstić information content (AvgIpc) is 3.00. The van der Waals surface area contributed by atoms with Gasteiger partial charge in [-0.05, 0) is 54.0 Å². The van der Waals surface area contributed by atoms with Gasteiger partial charge in [0.05, 0.1) is 5.54 Å². The monoisotopic (exact) mass is 292 g/mol. The molecule has 1 saturated heterocycles. The summed E-state index contributed by atoms with van der Waals surface area (Å²) < 4.78 is 0. The highest BCUT2D eigenvalue weighted by atomic mass is 32.1. The molecule has 110 valence electrons. The molecule has 4 heteroatoms. The zero-order valence-corrected chi connectivity index (χ0v) is 13.4. The lowest BCUT2D eigenvalue weighted by Gasteiger charge is -2.42. The van der Waals surface area contributed by atoms with Gasteiger partial charge in [-0.15, -0.1) is 0 Å². The van der Waals surface area contributed by atoms with Crippen molar-refractivity contribution < 1.29 is 4.79 Å². The zero-order valence-electron chi connectivity index (χ0n) is 12.6. The van der Waals surface area contributed by atoms with Crippen LogP contribution in [0.15, 0.2) is 16.8 Å². The summed E-state index contributed by atoms with van der Waals surface area (Å²) in [5.41, 5.74) is 1.14. The highest BCUT2D eigenvalue weighted by Gasteiger charge is 2.49. The summed E-state index contributed by atoms with van der Waals surface area (Å²) >= 11 is 1.70. The van der Waals surface area contributed by atoms with E-state index in [1.165, 1.54) is 24.8 Å². The SMILES string of the molecule is CCC1(C)NC(c2ccsc2)N(CC2(C)CCC2)C1=O. The lowest BCUT2D eigenvalue weighted by molar-refractivity contribution is -0.135. The number of nitrogens with one attached hydrogen (secondary N) is 1. The van der Waals surface area contributed by atoms with Crippen LogP contribution < -0.4 is 5.32 Å². The molecule has 2 fully saturated rings. The molecule has 0 radical (unpaired) electrons. The van der Waals surface area contributed by atoms with E-state index in [0.717, 1.165) is 13.0 Å². The lowest BCUT2D eigenvalue weighted by Crippen LogP contribution is -2.45. The predicted molar refractivity (Wildman–Crippen MR) is 82.6 cm³/mol. The van der Waals surface area contributed by atoms with E-state index in [1.54, 1.807) is 11.3 Å². The Morgan fingerprint density at radius 3 is 2.70 bits per heavy atom. The minimum atomic E-state index is -0.410. The largest absolute Gasteiger partial charge is 0.321 e. The third kappa shape index (κ3) is 2.19. The molecule has 0 spiro atoms. The summed E-state index contributed by atoms with van der Waals surface area (Å²) in [7, 11) is 0. The van der Waals surface area contributed by atoms with Crippen LogP contribution in [0.2, 0.25) is 0 Å². The summed E-state index contributed by atoms with van der Waals surface area (Å²) in [6.45, 7) is 7.33. The fraction of sp³-hybridized carbons (Fsp3) is 0.688. The summed E-state index contributed by atoms with van der Waals surface area (Å²) in [4.78, 5) is 14.9. The van der Waals surface area contributed by atoms with Gasteiger partial charge >= 0.3 is 0 Å². The fourth-order valence-electron chi connectivity index (χ4n) is 3.34. The van der Waals surface area contributed by atoms with E-state index in [9.17, 15) is 4.79 Å². The van der Waals surface area contributed by atoms with E-state index in [2.05, 4.69) is 40.9 Å². The molecule has 1 aromatic heterocycles. The van der Waals surface area contributed by atoms with Gasteiger partial charge in [-0.25, -0.2) is 0 Å². The quantitative estimate of drug-likeness (QED) is 0.920. The molecule has 3 rings (SSSR count). The second kappa shape index (κ2) is 4.85. The van der Waals surface area contributed by atoms with Crippen LogP contribution in [0.25, 0.3) is 0 Å². The smallest absolute Gasteiger partial charge is 0.244 e. The first-order valence-electron chi connectivity index (χ1n) is 7.58. The molecule has 2 unspecified atom stereocenters. The van der Waals surface area contributed by atoms with Gasteiger partial charge in [0.25, 0.3) is 0 Å². The van der Waals surface area contributed by atoms with Crippen LogP contribution in [0.4, 0.5) is 0 Å². The van der Waals surface area contributed by atoms with Gasteiger partial charge in [0.1, 0.15) is 6.17 Å². The number of thiophene rings is 1. The summed E-state index contributed by atoms with van der Waals surface area (Å²) in [5.74, 6) is 0.268. The van der Waals surface area contributed by atoms with Crippen LogP contribution in [-0.2, 0) is 4.79 Å². The average molecular weight is 292 g/mol. The first-order valence-corrected chi connectivity index (χ1v) is 8.53. The molecule has 0 bridgehead atoms. The van der Waals surface area contributed by atoms with E-state index in [4.69, 9.17) is 0 Å². The molecule has 0 aromatic carbocycles. The van der Waals surface area contributed by atoms with Crippen molar-refractivity contribution in [3.05, 3.63) is 22.4 Å². The van der Waals surface area contributed by atoms with Gasteiger partial charge in [-0.2, -0.15) is 11.3 Å². The van der Waals surface area contributed by atoms with Gasteiger partial charge in [-0.1, -0.05) is 20.3 Å². The number of hydrogen-bond donors (Lipinski definition) is 1. The first-order chi connectivity index (χ1) is 9.47. The molecule has 1 aliphatic heterocycles. The number of carbonyl (C=O) groups is 1. The Hall–Kier alpha value is -0.870. The maximum Gasteiger partial charge on any atom is 0.244 e. The predicted octanol–water partition coefficient (Wildman–Crippen LogP) is 3.54. The fourth-order valence-corrected chi connectivity index (χ4v) is 4.01. The van der Waals surface area contributed by atoms with E-state index in [0.29, 0.717) is 5.41 Å². The zero-order chi connectivity index (χ0) is 14.4. The molecular formula is C16H24N2OS. The van der Waals surface area contributed by atoms with Gasteiger partial charge in [0.2, 0.25) is 5.91 Å². The Morgan fingerprint density at radius 1 is 1.45 bits per heavy atom. The molecular weight excluding hydrogens is 268 g/mol. The van der Waals surface area contributed by atoms with Crippen molar-refractivity contribution >= 4 is 17.2 Å². The second-order valence-electron chi connectivity index (χ2n) is 6.89. The lowest BCUT2D eigenvalue weighted by atomic mass is 9.70. The van der Waals surface area contributed by atoms with Crippen molar-refractivity contribution in [3.63, 3.8) is 0 Å². The second-order valence-corrected chi connectivity index (χ2v) is 7.67. The van der Waals surface area contributed by atoms with Crippen molar-refractivity contribution in [2.75, 3.05) is 6.54 Å². The standard InChI is InChI=1S/C16H24N2OS/c1-4-16(3)14(19)18(11-15(2)7-5-8-15)13(17-16)12-6-9-20-10-12/h6,9-10,13,17H,4-5,7-8,11H2,1-3H3. The molecule has 1 aliphatic carbocycles. The number of rotatable bonds is 4. The Kier molecular flexibility index (Phi) is 3.41. The van der Waals surface area contributed by atoms with E-state index in [-0.39, 0.29) is 12.1 Å². The van der Waals surface area contributed by atoms with Crippen LogP contribution in [0.1, 0.15) is 58.2 Å². The third-order valence-electron chi connectivity index (χ3n) is 5.18. The first kappa shape index (κ1) is 14.1. The maximum atomic E-state index is 12.8. The molecule has 1 aromatic rings. The Morgan fingerprint density at radius 2 is 2.20 bits per heavy atom. The molecule has 1 amide bonds. The molecule has 1 N–H and O–H groups in total. The van der Waals surface area contributed by atoms with Crippen molar-refractivity contribution in [2.45, 2.75) is 58.2 Å². The van der Waals surface area contributed by atoms with Gasteiger partial charge in [-0.3, -0.25) is 10.1 Å². The van der Waals surface area contributed by atoms with Crippen molar-refractivity contribution in [1.82, 2.24) is 10.2 Å². The molecule has 2 atom stereocenters. The Labute approximate surface area is 125 Å². The highest BCUT2D eigenvalue weighted by Crippen LogP contribution is 2.44. The highest BCUT2D eigenvalue weighted by molar-refractivity contribution is 7.07. The van der Waals surface area contributed by atoms with Crippen LogP contribution in [0, 0.1) is 5.41 Å². The Bertz CT molecular complexity index is 495. The Balaban J connectivity index is 1.88. The van der Waals surface area contributed by atoms with Crippen LogP contribution in [-0.4, -0.2) is 22.9 Å². The topological polar surface area (TPSA) is 32.3 Å². The molecule has 3 nitrogen and oxygen atoms in total. The van der Waals surface area contributed by atoms with Crippen molar-refractivity contribution in [2.24, 2.45) is 5.41 Å². The van der Waals surface area contributed by atoms with Gasteiger partial charge < -0.3 is 4.90 Å². The maximum absolute atomic E-state index is 12.8. The van der Waals surface area contributed by atoms with Crippen LogP contribution in [0.5, 0.6) is 0 Å². The molecule has 2 aliphatic rings. The molecule has 20 heavy (non-hydrogen) atoms. The van der Waals surface area contributed by atoms with Crippen molar-refractivity contribution in [3.8, 4) is 0 Å². The number of hydrogen-bond acceptors (Lipinski definition) is 3. The number of nitrogens with zero attached hydrogens (tertiary/aromatic N) is 1. The minimum Gasteiger partial charge on any atom is -0.321 e. The van der Waals surface area contributed by atoms with E-state index in [1.807, 2.05) is 6.92 Å². The van der Waals surface area contributed by atoms with Crippen molar-refractivity contribution in [1.29, 1.82) is 0 Å². The summed E-state index contributed by atoms with van der Waals surface area (Å²) in [5, 5.41) is 7.82. The summed E-state index contributed by atoms with van der Waals surface area (Å²) in [6, 6.07) is 2.13. The molecule has 2 heterocycles. The van der Waals surface area contributed by atoms with Gasteiger partial charge in [0, 0.05) is 6.54 Å². The van der Waals surface area contributed by atoms with E-state index >= 15 is 0 Å². The minimum absolute atomic E-state index is 0.0520. The summed E-state index contributed by atoms with van der Waals surface area (Å²) in [6.07, 6.45) is 4.68. The van der Waals surface area contributed by atoms with Gasteiger partial charge in [0.15, 0.2) is 0 Å². The van der Waals surface area contributed by atoms with E-state index < -0.39 is 5.54 Å². The van der Waals surface area contributed by atoms with Crippen LogP contribution in [0.3, 0.4) is 0 Å². The number of carbonyl (C=O) groups excluding carboxylic acids is 1. The normalized spacial score (nSPS) is 32.5. The van der Waals surface area contributed by atoms with Crippen LogP contribution >= 0.6 is 11.3 Å². The molecule has 1 saturated carbocycles. The third-order valence-corrected chi connectivity index (χ3v) is 5.88. The number of amides is 1.